The quantitative estimate of drug-likeness (QED) is 0.0571. The molecule has 0 aromatic carbocycles. The van der Waals surface area contributed by atoms with E-state index in [4.69, 9.17) is 47.4 Å². The van der Waals surface area contributed by atoms with Crippen LogP contribution >= 0.6 is 0 Å². The fourth-order valence-electron chi connectivity index (χ4n) is 8.76. The first-order valence-electron chi connectivity index (χ1n) is 21.9. The summed E-state index contributed by atoms with van der Waals surface area (Å²) in [6, 6.07) is -3.38. The molecule has 0 aliphatic carbocycles. The first-order valence-corrected chi connectivity index (χ1v) is 21.9. The molecule has 0 spiro atoms. The van der Waals surface area contributed by atoms with Crippen LogP contribution in [0, 0.1) is 0 Å². The van der Waals surface area contributed by atoms with Gasteiger partial charge in [-0.25, -0.2) is 0 Å². The molecule has 25 atom stereocenters. The van der Waals surface area contributed by atoms with Gasteiger partial charge in [0.1, 0.15) is 104 Å². The first-order chi connectivity index (χ1) is 32.1. The second-order valence-corrected chi connectivity index (χ2v) is 17.2. The van der Waals surface area contributed by atoms with Crippen LogP contribution in [0.5, 0.6) is 0 Å². The molecule has 5 heterocycles. The molecule has 5 aliphatic rings. The maximum Gasteiger partial charge on any atom is 0.217 e. The molecule has 15 N–H and O–H groups in total. The van der Waals surface area contributed by atoms with Crippen molar-refractivity contribution in [3.05, 3.63) is 0 Å². The van der Waals surface area contributed by atoms with Crippen LogP contribution in [0.15, 0.2) is 0 Å². The van der Waals surface area contributed by atoms with Crippen LogP contribution in [0.4, 0.5) is 0 Å². The van der Waals surface area contributed by atoms with Gasteiger partial charge in [0.05, 0.1) is 50.8 Å². The molecular formula is C39H65N2O27-. The lowest BCUT2D eigenvalue weighted by Crippen LogP contribution is -2.73. The Morgan fingerprint density at radius 3 is 1.74 bits per heavy atom. The average molecular weight is 994 g/mol. The summed E-state index contributed by atoms with van der Waals surface area (Å²) in [5.41, 5.74) is 0. The topological polar surface area (TPSA) is 454 Å². The van der Waals surface area contributed by atoms with Crippen LogP contribution < -0.4 is 15.7 Å². The predicted molar refractivity (Wildman–Crippen MR) is 211 cm³/mol. The summed E-state index contributed by atoms with van der Waals surface area (Å²) < 4.78 is 58.3. The smallest absolute Gasteiger partial charge is 0.217 e. The van der Waals surface area contributed by atoms with E-state index in [0.717, 1.165) is 13.8 Å². The fraction of sp³-hybridized carbons (Fsp3) is 0.923. The van der Waals surface area contributed by atoms with Crippen molar-refractivity contribution in [2.75, 3.05) is 33.0 Å². The molecular weight excluding hydrogens is 928 g/mol. The fourth-order valence-corrected chi connectivity index (χ4v) is 8.76. The van der Waals surface area contributed by atoms with E-state index in [1.807, 2.05) is 0 Å². The van der Waals surface area contributed by atoms with Crippen molar-refractivity contribution in [3.8, 4) is 0 Å². The van der Waals surface area contributed by atoms with Crippen LogP contribution in [0.3, 0.4) is 0 Å². The van der Waals surface area contributed by atoms with Gasteiger partial charge in [0.2, 0.25) is 17.6 Å². The van der Waals surface area contributed by atoms with Gasteiger partial charge in [-0.2, -0.15) is 0 Å². The van der Waals surface area contributed by atoms with Crippen LogP contribution in [0.25, 0.3) is 0 Å². The van der Waals surface area contributed by atoms with Gasteiger partial charge in [-0.15, -0.1) is 0 Å². The monoisotopic (exact) mass is 993 g/mol. The number of aliphatic hydroxyl groups excluding tert-OH is 13. The van der Waals surface area contributed by atoms with Gasteiger partial charge >= 0.3 is 0 Å². The van der Waals surface area contributed by atoms with Crippen LogP contribution in [-0.4, -0.2) is 270 Å². The van der Waals surface area contributed by atoms with E-state index in [9.17, 15) is 85.9 Å². The molecule has 0 saturated carbocycles. The van der Waals surface area contributed by atoms with Crippen molar-refractivity contribution in [1.82, 2.24) is 10.6 Å². The highest BCUT2D eigenvalue weighted by Crippen LogP contribution is 2.39. The zero-order valence-electron chi connectivity index (χ0n) is 37.3. The standard InChI is InChI=1S/C39H66N2O27/c1-5-59-35-27(55)32(25(53)18(9-43)61-35)66-34-22(41-14(4)47)31(65-36-24(52)15(48)6-12(2)60-36)29(20(11-45)63-34)64-37-28(56)33(26(54)19(10-44)62-37)68-39(38(57)58)7-16(49)21(40-13(3)46)30(67-39)23(51)17(50)8-42/h12,15-37,42-45,48-56H,5-11H2,1-4H3,(H,40,46)(H,41,47)(H,57,58)/p-1/t12-,15+,16-,17+,18+,19+,20+,21+,22+,23-,24-,25-,26-,27+,28+,29+,30+,31+,32-,33-,34-,35+,36-,37-,39-/m0/s1. The van der Waals surface area contributed by atoms with Crippen molar-refractivity contribution < 1.29 is 133 Å². The maximum absolute atomic E-state index is 13.0. The lowest BCUT2D eigenvalue weighted by Gasteiger charge is -2.53. The molecule has 2 amide bonds. The molecule has 0 radical (unpaired) electrons. The minimum atomic E-state index is -3.28. The summed E-state index contributed by atoms with van der Waals surface area (Å²) in [6.45, 7) is 1.03. The Hall–Kier alpha value is -2.51. The molecule has 5 rings (SSSR count). The molecule has 0 aromatic rings. The normalized spacial score (nSPS) is 45.5. The molecule has 5 fully saturated rings. The molecule has 68 heavy (non-hydrogen) atoms. The van der Waals surface area contributed by atoms with Gasteiger partial charge in [0.15, 0.2) is 25.2 Å². The average Bonchev–Trinajstić information content (AvgIpc) is 3.28. The van der Waals surface area contributed by atoms with Crippen LogP contribution in [0.2, 0.25) is 0 Å². The number of carboxylic acids is 1. The largest absolute Gasteiger partial charge is 0.544 e. The predicted octanol–water partition coefficient (Wildman–Crippen LogP) is -10.7. The molecule has 0 aromatic heterocycles. The Bertz CT molecular complexity index is 1640. The van der Waals surface area contributed by atoms with Crippen LogP contribution in [0.1, 0.15) is 40.5 Å². The number of ether oxygens (including phenoxy) is 10. The van der Waals surface area contributed by atoms with E-state index >= 15 is 0 Å². The summed E-state index contributed by atoms with van der Waals surface area (Å²) in [6.07, 6.45) is -42.0. The molecule has 394 valence electrons. The minimum absolute atomic E-state index is 0.0115. The number of carboxylic acid groups (broad SMARTS) is 1. The van der Waals surface area contributed by atoms with Gasteiger partial charge < -0.3 is 134 Å². The molecule has 5 saturated heterocycles. The zero-order valence-corrected chi connectivity index (χ0v) is 37.3. The van der Waals surface area contributed by atoms with Crippen molar-refractivity contribution in [2.24, 2.45) is 0 Å². The molecule has 0 unspecified atom stereocenters. The van der Waals surface area contributed by atoms with Gasteiger partial charge in [-0.05, 0) is 13.8 Å². The third kappa shape index (κ3) is 12.4. The molecule has 0 bridgehead atoms. The van der Waals surface area contributed by atoms with E-state index in [1.165, 1.54) is 6.92 Å². The Morgan fingerprint density at radius 1 is 0.662 bits per heavy atom. The molecule has 29 nitrogen and oxygen atoms in total. The summed E-state index contributed by atoms with van der Waals surface area (Å²) >= 11 is 0. The number of aliphatic hydroxyl groups is 13. The van der Waals surface area contributed by atoms with Crippen molar-refractivity contribution in [1.29, 1.82) is 0 Å². The number of amides is 2. The minimum Gasteiger partial charge on any atom is -0.544 e. The van der Waals surface area contributed by atoms with E-state index in [-0.39, 0.29) is 13.0 Å². The number of rotatable bonds is 19. The zero-order chi connectivity index (χ0) is 50.5. The number of hydrogen-bond donors (Lipinski definition) is 15. The molecule has 29 heteroatoms. The molecule has 5 aliphatic heterocycles. The van der Waals surface area contributed by atoms with Gasteiger partial charge in [0, 0.05) is 33.3 Å². The van der Waals surface area contributed by atoms with Gasteiger partial charge in [-0.3, -0.25) is 9.59 Å². The summed E-state index contributed by atoms with van der Waals surface area (Å²) in [4.78, 5) is 37.9. The van der Waals surface area contributed by atoms with Gasteiger partial charge in [-0.1, -0.05) is 0 Å². The lowest BCUT2D eigenvalue weighted by molar-refractivity contribution is -0.413. The number of carbonyl (C=O) groups excluding carboxylic acids is 3. The highest BCUT2D eigenvalue weighted by molar-refractivity contribution is 5.75. The maximum atomic E-state index is 13.0. The lowest BCUT2D eigenvalue weighted by atomic mass is 9.88. The number of hydrogen-bond acceptors (Lipinski definition) is 27. The second kappa shape index (κ2) is 24.3. The second-order valence-electron chi connectivity index (χ2n) is 17.2. The third-order valence-corrected chi connectivity index (χ3v) is 12.2. The Kier molecular flexibility index (Phi) is 20.1. The Labute approximate surface area is 387 Å². The first kappa shape index (κ1) is 56.4. The SMILES string of the molecule is CCO[C@@H]1O[C@H](CO)[C@H](O)[C@H](O[C@@H]2O[C@H](CO)[C@@H](O[C@@H]3O[C@H](CO)[C@H](O)[C@H](O[C@]4(C(=O)[O-])C[C@H](O)[C@@H](NC(C)=O)[C@H]([C@@H](O)[C@H](O)CO)O4)[C@H]3O)[C@H](O[C@@H]3O[C@@H](C)C[C@@H](O)[C@@H]3O)[C@H]2NC(C)=O)[C@H]1O. The number of aliphatic carboxylic acids is 1. The summed E-state index contributed by atoms with van der Waals surface area (Å²) in [5.74, 6) is -7.21. The number of carbonyl (C=O) groups is 3. The van der Waals surface area contributed by atoms with E-state index in [2.05, 4.69) is 10.6 Å². The van der Waals surface area contributed by atoms with Gasteiger partial charge in [0.25, 0.3) is 0 Å². The van der Waals surface area contributed by atoms with E-state index in [0.29, 0.717) is 0 Å². The summed E-state index contributed by atoms with van der Waals surface area (Å²) in [7, 11) is 0. The van der Waals surface area contributed by atoms with Crippen molar-refractivity contribution in [3.63, 3.8) is 0 Å². The highest BCUT2D eigenvalue weighted by atomic mass is 16.8. The Morgan fingerprint density at radius 2 is 1.18 bits per heavy atom. The van der Waals surface area contributed by atoms with E-state index in [1.54, 1.807) is 6.92 Å². The van der Waals surface area contributed by atoms with Crippen molar-refractivity contribution in [2.45, 2.75) is 193 Å². The van der Waals surface area contributed by atoms with Crippen LogP contribution in [-0.2, 0) is 61.8 Å². The summed E-state index contributed by atoms with van der Waals surface area (Å²) in [5, 5.41) is 158. The number of nitrogens with one attached hydrogen (secondary N) is 2. The third-order valence-electron chi connectivity index (χ3n) is 12.2. The van der Waals surface area contributed by atoms with Crippen molar-refractivity contribution >= 4 is 17.8 Å². The Balaban J connectivity index is 1.54. The van der Waals surface area contributed by atoms with E-state index < -0.39 is 204 Å². The highest BCUT2D eigenvalue weighted by Gasteiger charge is 2.59.